The number of aryl methyl sites for hydroxylation is 2. The second-order valence-corrected chi connectivity index (χ2v) is 14.7. The third-order valence-corrected chi connectivity index (χ3v) is 9.52. The molecule has 0 radical (unpaired) electrons. The summed E-state index contributed by atoms with van der Waals surface area (Å²) in [5.41, 5.74) is -1.43. The Bertz CT molecular complexity index is 2010. The molecule has 1 unspecified atom stereocenters. The molecule has 0 aromatic heterocycles. The zero-order valence-corrected chi connectivity index (χ0v) is 32.9. The first-order valence-corrected chi connectivity index (χ1v) is 16.3. The molecule has 0 spiro atoms. The van der Waals surface area contributed by atoms with Crippen molar-refractivity contribution in [2.24, 2.45) is 10.9 Å². The molecule has 13 heteroatoms. The number of carbonyl (C=O) groups excluding carboxylic acids is 1. The summed E-state index contributed by atoms with van der Waals surface area (Å²) in [4.78, 5) is 41.6. The van der Waals surface area contributed by atoms with Crippen molar-refractivity contribution < 1.29 is 79.7 Å². The number of nitrogens with one attached hydrogen (secondary N) is 1. The fraction of sp³-hybridized carbons (Fsp3) is 0.421. The molecule has 8 N–H and O–H groups in total. The number of aliphatic hydroxyl groups excluding tert-OH is 1. The van der Waals surface area contributed by atoms with Crippen LogP contribution in [0.25, 0.3) is 27.5 Å². The van der Waals surface area contributed by atoms with Gasteiger partial charge < -0.3 is 41.1 Å². The molecule has 4 rings (SSSR count). The third kappa shape index (κ3) is 7.06. The average Bonchev–Trinajstić information content (AvgIpc) is 2.99. The van der Waals surface area contributed by atoms with Gasteiger partial charge in [-0.3, -0.25) is 9.79 Å². The molecule has 1 aliphatic carbocycles. The van der Waals surface area contributed by atoms with Gasteiger partial charge in [0.05, 0.1) is 0 Å². The van der Waals surface area contributed by atoms with Gasteiger partial charge >= 0.3 is 41.5 Å². The topological polar surface area (TPSA) is 217 Å². The molecule has 3 aromatic carbocycles. The maximum atomic E-state index is 13.7. The van der Waals surface area contributed by atoms with Crippen molar-refractivity contribution in [2.75, 3.05) is 0 Å². The molecule has 51 heavy (non-hydrogen) atoms. The van der Waals surface area contributed by atoms with Gasteiger partial charge in [0.1, 0.15) is 23.1 Å². The minimum absolute atomic E-state index is 0. The summed E-state index contributed by atoms with van der Waals surface area (Å²) < 4.78 is 0. The molecule has 0 saturated carbocycles. The monoisotopic (exact) mass is 713 g/mol. The Morgan fingerprint density at radius 3 is 1.90 bits per heavy atom. The minimum Gasteiger partial charge on any atom is -0.507 e. The molecule has 0 saturated heterocycles. The predicted octanol–water partition coefficient (Wildman–Crippen LogP) is 2.83. The zero-order chi connectivity index (χ0) is 37.9. The van der Waals surface area contributed by atoms with Gasteiger partial charge in [-0.1, -0.05) is 39.8 Å². The number of carboxylic acids is 2. The summed E-state index contributed by atoms with van der Waals surface area (Å²) in [6.45, 7) is 16.1. The predicted molar refractivity (Wildman–Crippen MR) is 190 cm³/mol. The first kappa shape index (κ1) is 41.3. The van der Waals surface area contributed by atoms with E-state index < -0.39 is 63.8 Å². The first-order chi connectivity index (χ1) is 23.0. The van der Waals surface area contributed by atoms with Crippen LogP contribution in [0.1, 0.15) is 101 Å². The van der Waals surface area contributed by atoms with Crippen molar-refractivity contribution >= 4 is 40.3 Å². The van der Waals surface area contributed by atoms with E-state index in [1.807, 2.05) is 13.8 Å². The molecule has 12 nitrogen and oxygen atoms in total. The van der Waals surface area contributed by atoms with Crippen molar-refractivity contribution in [3.8, 4) is 34.1 Å². The number of phenolic OH excluding ortho intramolecular Hbond substituents is 4. The standard InChI is InChI=1S/C38H46N2O10.Na/c1-15(2)23-19-11-17(5)25(31(43)27(19)21(29(41)33(23)45)13-39-37(7,8)35(47)48)26-18(6)12-20-24(16(3)4)34(46)30(42)22(28(20)32(26)44)14-40-38(9,10)36(49)50;/h11-16,23,33,39,42-46H,1-10H3,(H,47,48)(H,49,50);/q;+1/b21-13-,40-14?;/t23-,33?;/m1./s1. The Hall–Kier alpha value is -4.10. The summed E-state index contributed by atoms with van der Waals surface area (Å²) in [5.74, 6) is -6.39. The van der Waals surface area contributed by atoms with Gasteiger partial charge in [-0.15, -0.1) is 0 Å². The number of ketones is 1. The number of fused-ring (bicyclic) bond motifs is 2. The molecule has 0 fully saturated rings. The Morgan fingerprint density at radius 2 is 1.39 bits per heavy atom. The van der Waals surface area contributed by atoms with Gasteiger partial charge in [0, 0.05) is 57.1 Å². The summed E-state index contributed by atoms with van der Waals surface area (Å²) in [6.07, 6.45) is 0.777. The fourth-order valence-corrected chi connectivity index (χ4v) is 6.58. The van der Waals surface area contributed by atoms with E-state index in [1.165, 1.54) is 33.9 Å². The Morgan fingerprint density at radius 1 is 0.843 bits per heavy atom. The van der Waals surface area contributed by atoms with Crippen LogP contribution in [0.4, 0.5) is 0 Å². The van der Waals surface area contributed by atoms with Crippen molar-refractivity contribution in [3.05, 3.63) is 51.7 Å². The van der Waals surface area contributed by atoms with Crippen LogP contribution in [0.2, 0.25) is 0 Å². The molecular weight excluding hydrogens is 667 g/mol. The van der Waals surface area contributed by atoms with Crippen LogP contribution in [0.5, 0.6) is 23.0 Å². The van der Waals surface area contributed by atoms with Gasteiger partial charge in [0.25, 0.3) is 0 Å². The number of aliphatic imine (C=N–C) groups is 1. The SMILES string of the molecule is Cc1cc2c(c(O)c1-c1c(C)cc3c(C(C)C)c(O)c(O)c(C=NC(C)(C)C(=O)O)c3c1O)/C(=C/NC(C)(C)C(=O)O)C(=O)C(O)[C@@H]2C(C)C.[Na+]. The average molecular weight is 714 g/mol. The number of rotatable bonds is 9. The van der Waals surface area contributed by atoms with Crippen LogP contribution < -0.4 is 34.9 Å². The van der Waals surface area contributed by atoms with Crippen LogP contribution in [0.15, 0.2) is 23.3 Å². The van der Waals surface area contributed by atoms with E-state index in [0.717, 1.165) is 6.21 Å². The summed E-state index contributed by atoms with van der Waals surface area (Å²) in [5, 5.41) is 80.3. The van der Waals surface area contributed by atoms with E-state index in [9.17, 15) is 50.1 Å². The van der Waals surface area contributed by atoms with Gasteiger partial charge in [-0.05, 0) is 75.5 Å². The number of hydrogen-bond donors (Lipinski definition) is 8. The number of carbonyl (C=O) groups is 3. The van der Waals surface area contributed by atoms with Gasteiger partial charge in [0.15, 0.2) is 22.8 Å². The van der Waals surface area contributed by atoms with E-state index in [-0.39, 0.29) is 74.6 Å². The van der Waals surface area contributed by atoms with Crippen LogP contribution in [-0.2, 0) is 14.4 Å². The molecule has 1 aliphatic rings. The number of phenols is 4. The number of Topliss-reactive ketones (excluding diaryl/α,β-unsaturated/α-hetero) is 1. The Labute approximate surface area is 318 Å². The van der Waals surface area contributed by atoms with Crippen LogP contribution in [0.3, 0.4) is 0 Å². The van der Waals surface area contributed by atoms with Crippen LogP contribution in [-0.4, -0.2) is 76.9 Å². The molecule has 3 aromatic rings. The van der Waals surface area contributed by atoms with Crippen molar-refractivity contribution in [1.29, 1.82) is 0 Å². The van der Waals surface area contributed by atoms with E-state index in [2.05, 4.69) is 10.3 Å². The molecule has 0 aliphatic heterocycles. The van der Waals surface area contributed by atoms with Crippen molar-refractivity contribution in [1.82, 2.24) is 5.32 Å². The number of benzene rings is 3. The molecular formula is C38H46N2NaO10+. The van der Waals surface area contributed by atoms with Crippen molar-refractivity contribution in [2.45, 2.75) is 98.3 Å². The molecule has 0 heterocycles. The van der Waals surface area contributed by atoms with E-state index in [4.69, 9.17) is 0 Å². The minimum atomic E-state index is -1.63. The number of carboxylic acid groups (broad SMARTS) is 2. The molecule has 0 bridgehead atoms. The smallest absolute Gasteiger partial charge is 0.507 e. The summed E-state index contributed by atoms with van der Waals surface area (Å²) in [6, 6.07) is 3.39. The maximum absolute atomic E-state index is 13.7. The van der Waals surface area contributed by atoms with Gasteiger partial charge in [-0.25, -0.2) is 9.59 Å². The van der Waals surface area contributed by atoms with E-state index in [0.29, 0.717) is 27.6 Å². The molecule has 0 amide bonds. The number of nitrogens with zero attached hydrogens (tertiary/aromatic N) is 1. The van der Waals surface area contributed by atoms with Gasteiger partial charge in [0.2, 0.25) is 0 Å². The number of aliphatic hydroxyl groups is 1. The first-order valence-electron chi connectivity index (χ1n) is 16.3. The van der Waals surface area contributed by atoms with Crippen molar-refractivity contribution in [3.63, 3.8) is 0 Å². The number of aromatic hydroxyl groups is 4. The normalized spacial score (nSPS) is 17.4. The van der Waals surface area contributed by atoms with Gasteiger partial charge in [-0.2, -0.15) is 0 Å². The quantitative estimate of drug-likeness (QED) is 0.0698. The number of hydrogen-bond acceptors (Lipinski definition) is 10. The molecule has 2 atom stereocenters. The van der Waals surface area contributed by atoms with E-state index in [1.54, 1.807) is 39.8 Å². The summed E-state index contributed by atoms with van der Waals surface area (Å²) >= 11 is 0. The largest absolute Gasteiger partial charge is 1.00 e. The second-order valence-electron chi connectivity index (χ2n) is 14.7. The van der Waals surface area contributed by atoms with Crippen LogP contribution in [0, 0.1) is 19.8 Å². The fourth-order valence-electron chi connectivity index (χ4n) is 6.58. The zero-order valence-electron chi connectivity index (χ0n) is 30.9. The Balaban J connectivity index is 0.00000702. The third-order valence-electron chi connectivity index (χ3n) is 9.52. The summed E-state index contributed by atoms with van der Waals surface area (Å²) in [7, 11) is 0. The maximum Gasteiger partial charge on any atom is 1.00 e. The van der Waals surface area contributed by atoms with E-state index >= 15 is 0 Å². The van der Waals surface area contributed by atoms with Crippen LogP contribution >= 0.6 is 0 Å². The number of aliphatic carboxylic acids is 2. The molecule has 268 valence electrons. The second kappa shape index (κ2) is 14.5. The Kier molecular flexibility index (Phi) is 11.7.